The van der Waals surface area contributed by atoms with Gasteiger partial charge in [0.25, 0.3) is 0 Å². The zero-order valence-electron chi connectivity index (χ0n) is 11.9. The van der Waals surface area contributed by atoms with E-state index in [4.69, 9.17) is 14.6 Å². The smallest absolute Gasteiger partial charge is 0.133 e. The third-order valence-electron chi connectivity index (χ3n) is 3.40. The Morgan fingerprint density at radius 3 is 2.43 bits per heavy atom. The average molecular weight is 284 g/mol. The normalized spacial score (nSPS) is 10.8. The van der Waals surface area contributed by atoms with E-state index in [0.29, 0.717) is 5.82 Å². The van der Waals surface area contributed by atoms with Gasteiger partial charge in [-0.05, 0) is 29.8 Å². The van der Waals surface area contributed by atoms with Crippen LogP contribution in [0.1, 0.15) is 5.82 Å². The molecule has 0 spiro atoms. The number of aromatic nitrogens is 2. The summed E-state index contributed by atoms with van der Waals surface area (Å²) in [6.07, 6.45) is 0. The van der Waals surface area contributed by atoms with Crippen molar-refractivity contribution in [2.24, 2.45) is 0 Å². The molecule has 108 valence electrons. The van der Waals surface area contributed by atoms with E-state index in [2.05, 4.69) is 9.97 Å². The number of hydrogen-bond donors (Lipinski definition) is 2. The number of ether oxygens (including phenoxy) is 2. The van der Waals surface area contributed by atoms with E-state index in [1.165, 1.54) is 0 Å². The van der Waals surface area contributed by atoms with Gasteiger partial charge in [0.15, 0.2) is 0 Å². The van der Waals surface area contributed by atoms with E-state index in [1.807, 2.05) is 36.4 Å². The first-order valence-electron chi connectivity index (χ1n) is 6.57. The number of methoxy groups -OCH3 is 2. The van der Waals surface area contributed by atoms with Crippen LogP contribution >= 0.6 is 0 Å². The van der Waals surface area contributed by atoms with Gasteiger partial charge in [0.1, 0.15) is 23.9 Å². The Labute approximate surface area is 122 Å². The fourth-order valence-electron chi connectivity index (χ4n) is 2.43. The summed E-state index contributed by atoms with van der Waals surface area (Å²) < 4.78 is 10.9. The van der Waals surface area contributed by atoms with Crippen molar-refractivity contribution in [1.29, 1.82) is 0 Å². The van der Waals surface area contributed by atoms with Gasteiger partial charge >= 0.3 is 0 Å². The lowest BCUT2D eigenvalue weighted by atomic mass is 10.0. The third kappa shape index (κ3) is 2.32. The Kier molecular flexibility index (Phi) is 3.50. The number of hydrogen-bond acceptors (Lipinski definition) is 4. The van der Waals surface area contributed by atoms with E-state index >= 15 is 0 Å². The van der Waals surface area contributed by atoms with Crippen molar-refractivity contribution in [3.05, 3.63) is 42.2 Å². The van der Waals surface area contributed by atoms with Crippen LogP contribution in [0.3, 0.4) is 0 Å². The molecule has 0 aliphatic carbocycles. The summed E-state index contributed by atoms with van der Waals surface area (Å²) in [5.41, 5.74) is 3.54. The van der Waals surface area contributed by atoms with Crippen LogP contribution in [0.4, 0.5) is 0 Å². The molecule has 0 unspecified atom stereocenters. The highest BCUT2D eigenvalue weighted by molar-refractivity contribution is 5.86. The second-order valence-electron chi connectivity index (χ2n) is 4.61. The monoisotopic (exact) mass is 284 g/mol. The maximum Gasteiger partial charge on any atom is 0.133 e. The molecule has 0 radical (unpaired) electrons. The van der Waals surface area contributed by atoms with Crippen LogP contribution in [0.2, 0.25) is 0 Å². The molecule has 0 saturated carbocycles. The molecule has 5 heteroatoms. The molecule has 0 fully saturated rings. The van der Waals surface area contributed by atoms with Gasteiger partial charge in [-0.25, -0.2) is 4.98 Å². The van der Waals surface area contributed by atoms with E-state index in [0.717, 1.165) is 33.7 Å². The molecule has 2 N–H and O–H groups in total. The van der Waals surface area contributed by atoms with Gasteiger partial charge in [-0.3, -0.25) is 0 Å². The second kappa shape index (κ2) is 5.46. The Bertz CT molecular complexity index is 758. The minimum Gasteiger partial charge on any atom is -0.496 e. The minimum absolute atomic E-state index is 0.109. The zero-order valence-corrected chi connectivity index (χ0v) is 11.9. The predicted molar refractivity (Wildman–Crippen MR) is 80.6 cm³/mol. The van der Waals surface area contributed by atoms with Crippen molar-refractivity contribution in [2.45, 2.75) is 6.61 Å². The molecule has 0 saturated heterocycles. The molecule has 0 bridgehead atoms. The molecular formula is C16H16N2O3. The first kappa shape index (κ1) is 13.5. The lowest BCUT2D eigenvalue weighted by molar-refractivity contribution is 0.273. The van der Waals surface area contributed by atoms with Crippen molar-refractivity contribution >= 4 is 11.0 Å². The quantitative estimate of drug-likeness (QED) is 0.773. The summed E-state index contributed by atoms with van der Waals surface area (Å²) in [4.78, 5) is 7.37. The number of fused-ring (bicyclic) bond motifs is 1. The SMILES string of the molecule is COc1cccc(OC)c1-c1ccc2nc(CO)[nH]c2c1. The summed E-state index contributed by atoms with van der Waals surface area (Å²) in [7, 11) is 3.27. The molecule has 0 aliphatic heterocycles. The second-order valence-corrected chi connectivity index (χ2v) is 4.61. The van der Waals surface area contributed by atoms with E-state index in [1.54, 1.807) is 14.2 Å². The first-order valence-corrected chi connectivity index (χ1v) is 6.57. The summed E-state index contributed by atoms with van der Waals surface area (Å²) in [6, 6.07) is 11.5. The molecular weight excluding hydrogens is 268 g/mol. The summed E-state index contributed by atoms with van der Waals surface area (Å²) in [5.74, 6) is 2.04. The maximum absolute atomic E-state index is 9.16. The van der Waals surface area contributed by atoms with Gasteiger partial charge in [0.2, 0.25) is 0 Å². The number of aliphatic hydroxyl groups excluding tert-OH is 1. The van der Waals surface area contributed by atoms with Gasteiger partial charge in [0, 0.05) is 0 Å². The molecule has 1 heterocycles. The molecule has 0 atom stereocenters. The van der Waals surface area contributed by atoms with Crippen LogP contribution in [-0.2, 0) is 6.61 Å². The maximum atomic E-state index is 9.16. The molecule has 0 aliphatic rings. The lowest BCUT2D eigenvalue weighted by Crippen LogP contribution is -1.92. The van der Waals surface area contributed by atoms with Crippen LogP contribution in [0.5, 0.6) is 11.5 Å². The molecule has 3 aromatic rings. The summed E-state index contributed by atoms with van der Waals surface area (Å²) >= 11 is 0. The highest BCUT2D eigenvalue weighted by atomic mass is 16.5. The highest BCUT2D eigenvalue weighted by Crippen LogP contribution is 2.38. The average Bonchev–Trinajstić information content (AvgIpc) is 2.96. The molecule has 1 aromatic heterocycles. The number of nitrogens with zero attached hydrogens (tertiary/aromatic N) is 1. The number of imidazole rings is 1. The molecule has 21 heavy (non-hydrogen) atoms. The third-order valence-corrected chi connectivity index (χ3v) is 3.40. The minimum atomic E-state index is -0.109. The van der Waals surface area contributed by atoms with Gasteiger partial charge in [0.05, 0.1) is 30.8 Å². The number of aromatic amines is 1. The van der Waals surface area contributed by atoms with Crippen LogP contribution < -0.4 is 9.47 Å². The van der Waals surface area contributed by atoms with Gasteiger partial charge in [-0.2, -0.15) is 0 Å². The van der Waals surface area contributed by atoms with Crippen LogP contribution in [0.25, 0.3) is 22.2 Å². The van der Waals surface area contributed by atoms with Crippen LogP contribution in [0, 0.1) is 0 Å². The van der Waals surface area contributed by atoms with Crippen molar-refractivity contribution in [1.82, 2.24) is 9.97 Å². The van der Waals surface area contributed by atoms with E-state index < -0.39 is 0 Å². The number of benzene rings is 2. The van der Waals surface area contributed by atoms with Crippen LogP contribution in [-0.4, -0.2) is 29.3 Å². The van der Waals surface area contributed by atoms with E-state index in [-0.39, 0.29) is 6.61 Å². The molecule has 0 amide bonds. The number of rotatable bonds is 4. The Morgan fingerprint density at radius 1 is 1.10 bits per heavy atom. The van der Waals surface area contributed by atoms with Crippen LogP contribution in [0.15, 0.2) is 36.4 Å². The topological polar surface area (TPSA) is 67.4 Å². The Balaban J connectivity index is 2.20. The summed E-state index contributed by atoms with van der Waals surface area (Å²) in [5, 5.41) is 9.16. The predicted octanol–water partition coefficient (Wildman–Crippen LogP) is 2.74. The molecule has 3 rings (SSSR count). The largest absolute Gasteiger partial charge is 0.496 e. The van der Waals surface area contributed by atoms with Crippen molar-refractivity contribution < 1.29 is 14.6 Å². The number of aliphatic hydroxyl groups is 1. The van der Waals surface area contributed by atoms with Gasteiger partial charge in [-0.15, -0.1) is 0 Å². The van der Waals surface area contributed by atoms with Crippen molar-refractivity contribution in [3.63, 3.8) is 0 Å². The standard InChI is InChI=1S/C16H16N2O3/c1-20-13-4-3-5-14(21-2)16(13)10-6-7-11-12(8-10)18-15(9-19)17-11/h3-8,19H,9H2,1-2H3,(H,17,18). The van der Waals surface area contributed by atoms with Gasteiger partial charge in [-0.1, -0.05) is 12.1 Å². The Hall–Kier alpha value is -2.53. The number of nitrogens with one attached hydrogen (secondary N) is 1. The molecule has 5 nitrogen and oxygen atoms in total. The first-order chi connectivity index (χ1) is 10.3. The number of H-pyrrole nitrogens is 1. The van der Waals surface area contributed by atoms with Crippen molar-refractivity contribution in [2.75, 3.05) is 14.2 Å². The lowest BCUT2D eigenvalue weighted by Gasteiger charge is -2.13. The van der Waals surface area contributed by atoms with Gasteiger partial charge < -0.3 is 19.6 Å². The summed E-state index contributed by atoms with van der Waals surface area (Å²) in [6.45, 7) is -0.109. The fraction of sp³-hybridized carbons (Fsp3) is 0.188. The molecule has 2 aromatic carbocycles. The fourth-order valence-corrected chi connectivity index (χ4v) is 2.43. The van der Waals surface area contributed by atoms with E-state index in [9.17, 15) is 0 Å². The van der Waals surface area contributed by atoms with Crippen molar-refractivity contribution in [3.8, 4) is 22.6 Å². The highest BCUT2D eigenvalue weighted by Gasteiger charge is 2.13. The Morgan fingerprint density at radius 2 is 1.81 bits per heavy atom. The zero-order chi connectivity index (χ0) is 14.8.